The summed E-state index contributed by atoms with van der Waals surface area (Å²) in [5.41, 5.74) is 2.32. The first-order chi connectivity index (χ1) is 15.9. The van der Waals surface area contributed by atoms with Crippen LogP contribution in [0, 0.1) is 0 Å². The van der Waals surface area contributed by atoms with Crippen molar-refractivity contribution >= 4 is 33.2 Å². The fourth-order valence-corrected chi connectivity index (χ4v) is 5.62. The Kier molecular flexibility index (Phi) is 7.11. The van der Waals surface area contributed by atoms with Gasteiger partial charge in [-0.3, -0.25) is 14.6 Å². The molecular formula is C22H23N5O4S2. The Bertz CT molecular complexity index is 1230. The maximum absolute atomic E-state index is 12.7. The number of piperazine rings is 1. The van der Waals surface area contributed by atoms with Gasteiger partial charge in [-0.2, -0.15) is 4.31 Å². The standard InChI is InChI=1S/C22H23N5O4S2/c28-20-14-27(13-12-24-20)33(30,31)18-5-3-17(4-6-18)22(29)25-9-1-2-21-26-19(15-32-21)16-7-10-23-11-8-16/h3-8,10-11,15H,1-2,9,12-14H2,(H,24,28)(H,25,29). The lowest BCUT2D eigenvalue weighted by molar-refractivity contribution is -0.122. The number of thiazole rings is 1. The number of rotatable bonds is 8. The summed E-state index contributed by atoms with van der Waals surface area (Å²) < 4.78 is 26.5. The number of nitrogens with one attached hydrogen (secondary N) is 2. The fourth-order valence-electron chi connectivity index (χ4n) is 3.37. The molecule has 0 atom stereocenters. The van der Waals surface area contributed by atoms with Gasteiger partial charge in [0.1, 0.15) is 0 Å². The highest BCUT2D eigenvalue weighted by Gasteiger charge is 2.29. The second kappa shape index (κ2) is 10.2. The van der Waals surface area contributed by atoms with Crippen LogP contribution in [0.25, 0.3) is 11.3 Å². The Morgan fingerprint density at radius 2 is 1.91 bits per heavy atom. The smallest absolute Gasteiger partial charge is 0.251 e. The lowest BCUT2D eigenvalue weighted by atomic mass is 10.2. The highest BCUT2D eigenvalue weighted by Crippen LogP contribution is 2.22. The number of sulfonamides is 1. The first-order valence-corrected chi connectivity index (χ1v) is 12.8. The third-order valence-corrected chi connectivity index (χ3v) is 7.91. The van der Waals surface area contributed by atoms with Gasteiger partial charge in [-0.05, 0) is 42.8 Å². The lowest BCUT2D eigenvalue weighted by Crippen LogP contribution is -2.49. The van der Waals surface area contributed by atoms with Crippen LogP contribution in [0.1, 0.15) is 21.8 Å². The normalized spacial score (nSPS) is 14.6. The van der Waals surface area contributed by atoms with Gasteiger partial charge in [-0.15, -0.1) is 11.3 Å². The number of hydrogen-bond donors (Lipinski definition) is 2. The van der Waals surface area contributed by atoms with Crippen molar-refractivity contribution in [1.29, 1.82) is 0 Å². The highest BCUT2D eigenvalue weighted by atomic mass is 32.2. The molecule has 0 bridgehead atoms. The summed E-state index contributed by atoms with van der Waals surface area (Å²) in [5.74, 6) is -0.597. The number of aryl methyl sites for hydroxylation is 1. The molecule has 3 heterocycles. The number of hydrogen-bond acceptors (Lipinski definition) is 7. The van der Waals surface area contributed by atoms with E-state index in [1.165, 1.54) is 24.3 Å². The highest BCUT2D eigenvalue weighted by molar-refractivity contribution is 7.89. The van der Waals surface area contributed by atoms with Crippen LogP contribution in [-0.2, 0) is 21.2 Å². The van der Waals surface area contributed by atoms with Gasteiger partial charge in [0.05, 0.1) is 22.1 Å². The van der Waals surface area contributed by atoms with Crippen molar-refractivity contribution in [3.8, 4) is 11.3 Å². The number of carbonyl (C=O) groups is 2. The second-order valence-electron chi connectivity index (χ2n) is 7.43. The minimum absolute atomic E-state index is 0.0579. The molecule has 0 unspecified atom stereocenters. The molecule has 3 aromatic rings. The van der Waals surface area contributed by atoms with Crippen LogP contribution >= 0.6 is 11.3 Å². The predicted molar refractivity (Wildman–Crippen MR) is 124 cm³/mol. The van der Waals surface area contributed by atoms with E-state index >= 15 is 0 Å². The molecule has 0 radical (unpaired) electrons. The molecule has 4 rings (SSSR count). The van der Waals surface area contributed by atoms with Gasteiger partial charge in [-0.1, -0.05) is 0 Å². The van der Waals surface area contributed by atoms with E-state index in [1.807, 2.05) is 17.5 Å². The maximum Gasteiger partial charge on any atom is 0.251 e. The van der Waals surface area contributed by atoms with Gasteiger partial charge in [0.15, 0.2) is 0 Å². The molecule has 2 aromatic heterocycles. The minimum Gasteiger partial charge on any atom is -0.354 e. The molecule has 1 saturated heterocycles. The molecule has 9 nitrogen and oxygen atoms in total. The van der Waals surface area contributed by atoms with Gasteiger partial charge in [0.2, 0.25) is 15.9 Å². The van der Waals surface area contributed by atoms with Crippen molar-refractivity contribution in [1.82, 2.24) is 24.9 Å². The molecule has 0 saturated carbocycles. The van der Waals surface area contributed by atoms with Crippen molar-refractivity contribution in [3.05, 3.63) is 64.7 Å². The molecule has 172 valence electrons. The van der Waals surface area contributed by atoms with E-state index < -0.39 is 10.0 Å². The molecule has 2 N–H and O–H groups in total. The molecule has 11 heteroatoms. The van der Waals surface area contributed by atoms with Crippen LogP contribution < -0.4 is 10.6 Å². The van der Waals surface area contributed by atoms with E-state index in [-0.39, 0.29) is 36.3 Å². The van der Waals surface area contributed by atoms with Crippen LogP contribution in [0.2, 0.25) is 0 Å². The number of carbonyl (C=O) groups excluding carboxylic acids is 2. The summed E-state index contributed by atoms with van der Waals surface area (Å²) >= 11 is 1.59. The van der Waals surface area contributed by atoms with Crippen molar-refractivity contribution in [2.75, 3.05) is 26.2 Å². The Morgan fingerprint density at radius 1 is 1.15 bits per heavy atom. The molecule has 33 heavy (non-hydrogen) atoms. The fraction of sp³-hybridized carbons (Fsp3) is 0.273. The van der Waals surface area contributed by atoms with Gasteiger partial charge >= 0.3 is 0 Å². The summed E-state index contributed by atoms with van der Waals surface area (Å²) in [6.07, 6.45) is 4.95. The quantitative estimate of drug-likeness (QED) is 0.469. The van der Waals surface area contributed by atoms with E-state index in [9.17, 15) is 18.0 Å². The van der Waals surface area contributed by atoms with Crippen molar-refractivity contribution in [3.63, 3.8) is 0 Å². The van der Waals surface area contributed by atoms with Crippen LogP contribution in [-0.4, -0.2) is 60.7 Å². The number of pyridine rings is 1. The number of amides is 2. The van der Waals surface area contributed by atoms with Gasteiger partial charge in [0, 0.05) is 55.0 Å². The van der Waals surface area contributed by atoms with E-state index in [0.717, 1.165) is 33.4 Å². The third kappa shape index (κ3) is 5.62. The number of aromatic nitrogens is 2. The SMILES string of the molecule is O=C1CN(S(=O)(=O)c2ccc(C(=O)NCCCc3nc(-c4ccncc4)cs3)cc2)CCN1. The predicted octanol–water partition coefficient (Wildman–Crippen LogP) is 1.69. The molecule has 0 aliphatic carbocycles. The van der Waals surface area contributed by atoms with Crippen LogP contribution in [0.4, 0.5) is 0 Å². The molecule has 1 aliphatic heterocycles. The Balaban J connectivity index is 1.27. The molecule has 2 amide bonds. The monoisotopic (exact) mass is 485 g/mol. The molecular weight excluding hydrogens is 462 g/mol. The Labute approximate surface area is 195 Å². The van der Waals surface area contributed by atoms with Crippen molar-refractivity contribution < 1.29 is 18.0 Å². The van der Waals surface area contributed by atoms with Crippen LogP contribution in [0.5, 0.6) is 0 Å². The number of benzene rings is 1. The molecule has 1 aliphatic rings. The Hall–Kier alpha value is -3.15. The first-order valence-electron chi connectivity index (χ1n) is 10.4. The summed E-state index contributed by atoms with van der Waals surface area (Å²) in [4.78, 5) is 32.6. The molecule has 1 aromatic carbocycles. The topological polar surface area (TPSA) is 121 Å². The summed E-state index contributed by atoms with van der Waals surface area (Å²) in [6, 6.07) is 9.58. The Morgan fingerprint density at radius 3 is 2.64 bits per heavy atom. The zero-order chi connectivity index (χ0) is 23.3. The zero-order valence-electron chi connectivity index (χ0n) is 17.7. The summed E-state index contributed by atoms with van der Waals surface area (Å²) in [7, 11) is -3.78. The van der Waals surface area contributed by atoms with Crippen LogP contribution in [0.15, 0.2) is 59.1 Å². The van der Waals surface area contributed by atoms with Crippen LogP contribution in [0.3, 0.4) is 0 Å². The van der Waals surface area contributed by atoms with Crippen molar-refractivity contribution in [2.45, 2.75) is 17.7 Å². The largest absolute Gasteiger partial charge is 0.354 e. The summed E-state index contributed by atoms with van der Waals surface area (Å²) in [6.45, 7) is 0.781. The number of nitrogens with zero attached hydrogens (tertiary/aromatic N) is 3. The average molecular weight is 486 g/mol. The zero-order valence-corrected chi connectivity index (χ0v) is 19.4. The second-order valence-corrected chi connectivity index (χ2v) is 10.3. The van der Waals surface area contributed by atoms with Gasteiger partial charge in [-0.25, -0.2) is 13.4 Å². The summed E-state index contributed by atoms with van der Waals surface area (Å²) in [5, 5.41) is 8.46. The molecule has 1 fully saturated rings. The average Bonchev–Trinajstić information content (AvgIpc) is 3.31. The van der Waals surface area contributed by atoms with Gasteiger partial charge in [0.25, 0.3) is 5.91 Å². The third-order valence-electron chi connectivity index (χ3n) is 5.14. The molecule has 0 spiro atoms. The van der Waals surface area contributed by atoms with Crippen molar-refractivity contribution in [2.24, 2.45) is 0 Å². The lowest BCUT2D eigenvalue weighted by Gasteiger charge is -2.25. The van der Waals surface area contributed by atoms with E-state index in [0.29, 0.717) is 12.1 Å². The van der Waals surface area contributed by atoms with Gasteiger partial charge < -0.3 is 10.6 Å². The first kappa shape index (κ1) is 23.0. The van der Waals surface area contributed by atoms with E-state index in [2.05, 4.69) is 20.6 Å². The van der Waals surface area contributed by atoms with E-state index in [1.54, 1.807) is 23.7 Å². The minimum atomic E-state index is -3.78. The maximum atomic E-state index is 12.7. The van der Waals surface area contributed by atoms with E-state index in [4.69, 9.17) is 0 Å².